The number of ether oxygens (including phenoxy) is 1. The van der Waals surface area contributed by atoms with Crippen molar-refractivity contribution >= 4 is 6.29 Å². The average molecular weight is 206 g/mol. The molecule has 0 saturated carbocycles. The summed E-state index contributed by atoms with van der Waals surface area (Å²) in [5.74, 6) is -1.69. The van der Waals surface area contributed by atoms with Crippen molar-refractivity contribution in [2.75, 3.05) is 7.11 Å². The largest absolute Gasteiger partial charge is 0.481 e. The maximum atomic E-state index is 12.1. The first-order valence-corrected chi connectivity index (χ1v) is 3.43. The summed E-state index contributed by atoms with van der Waals surface area (Å²) in [5.41, 5.74) is -0.371. The van der Waals surface area contributed by atoms with E-state index in [1.807, 2.05) is 0 Å². The maximum Gasteiger partial charge on any atom is 0.451 e. The van der Waals surface area contributed by atoms with Crippen molar-refractivity contribution in [2.45, 2.75) is 6.18 Å². The second kappa shape index (κ2) is 3.60. The molecule has 0 unspecified atom stereocenters. The quantitative estimate of drug-likeness (QED) is 0.684. The number of aromatic nitrogens is 2. The molecule has 0 aliphatic heterocycles. The van der Waals surface area contributed by atoms with Gasteiger partial charge in [0.1, 0.15) is 5.69 Å². The van der Waals surface area contributed by atoms with Gasteiger partial charge in [0.15, 0.2) is 6.29 Å². The van der Waals surface area contributed by atoms with Crippen LogP contribution >= 0.6 is 0 Å². The van der Waals surface area contributed by atoms with Crippen molar-refractivity contribution < 1.29 is 22.7 Å². The minimum absolute atomic E-state index is 0.194. The molecule has 0 fully saturated rings. The summed E-state index contributed by atoms with van der Waals surface area (Å²) in [6, 6.07) is 1.02. The number of hydrogen-bond donors (Lipinski definition) is 0. The van der Waals surface area contributed by atoms with Crippen molar-refractivity contribution in [3.05, 3.63) is 17.6 Å². The lowest BCUT2D eigenvalue weighted by Crippen LogP contribution is -2.13. The molecule has 1 aromatic heterocycles. The van der Waals surface area contributed by atoms with Crippen molar-refractivity contribution in [2.24, 2.45) is 0 Å². The maximum absolute atomic E-state index is 12.1. The fourth-order valence-corrected chi connectivity index (χ4v) is 0.734. The van der Waals surface area contributed by atoms with Crippen LogP contribution in [0.2, 0.25) is 0 Å². The van der Waals surface area contributed by atoms with Crippen molar-refractivity contribution in [1.29, 1.82) is 0 Å². The van der Waals surface area contributed by atoms with Gasteiger partial charge in [0, 0.05) is 6.07 Å². The number of alkyl halides is 3. The summed E-state index contributed by atoms with van der Waals surface area (Å²) in [6.45, 7) is 0. The molecule has 0 aliphatic carbocycles. The summed E-state index contributed by atoms with van der Waals surface area (Å²) < 4.78 is 40.9. The molecule has 1 aromatic rings. The van der Waals surface area contributed by atoms with Crippen LogP contribution in [-0.2, 0) is 6.18 Å². The van der Waals surface area contributed by atoms with Gasteiger partial charge in [-0.1, -0.05) is 0 Å². The Labute approximate surface area is 76.7 Å². The van der Waals surface area contributed by atoms with Gasteiger partial charge in [-0.15, -0.1) is 0 Å². The zero-order valence-electron chi connectivity index (χ0n) is 7.00. The first-order chi connectivity index (χ1) is 6.47. The number of aldehydes is 1. The van der Waals surface area contributed by atoms with Crippen LogP contribution in [-0.4, -0.2) is 23.4 Å². The van der Waals surface area contributed by atoms with Crippen LogP contribution in [0.5, 0.6) is 5.88 Å². The zero-order valence-corrected chi connectivity index (χ0v) is 7.00. The Hall–Kier alpha value is -1.66. The highest BCUT2D eigenvalue weighted by Crippen LogP contribution is 2.27. The van der Waals surface area contributed by atoms with Crippen LogP contribution in [0.15, 0.2) is 6.07 Å². The van der Waals surface area contributed by atoms with Crippen LogP contribution in [0, 0.1) is 0 Å². The molecular formula is C7H5F3N2O2. The SMILES string of the molecule is COc1cc(C=O)nc(C(F)(F)F)n1. The second-order valence-corrected chi connectivity index (χ2v) is 2.27. The predicted molar refractivity (Wildman–Crippen MR) is 39.0 cm³/mol. The van der Waals surface area contributed by atoms with Gasteiger partial charge in [0.25, 0.3) is 0 Å². The van der Waals surface area contributed by atoms with Crippen LogP contribution in [0.25, 0.3) is 0 Å². The number of carbonyl (C=O) groups is 1. The van der Waals surface area contributed by atoms with Crippen LogP contribution in [0.4, 0.5) is 13.2 Å². The highest BCUT2D eigenvalue weighted by Gasteiger charge is 2.35. The Bertz CT molecular complexity index is 351. The van der Waals surface area contributed by atoms with E-state index < -0.39 is 12.0 Å². The van der Waals surface area contributed by atoms with Gasteiger partial charge in [-0.2, -0.15) is 18.2 Å². The van der Waals surface area contributed by atoms with E-state index in [4.69, 9.17) is 0 Å². The fourth-order valence-electron chi connectivity index (χ4n) is 0.734. The van der Waals surface area contributed by atoms with Gasteiger partial charge in [-0.3, -0.25) is 4.79 Å². The minimum Gasteiger partial charge on any atom is -0.481 e. The van der Waals surface area contributed by atoms with Gasteiger partial charge in [0.2, 0.25) is 11.7 Å². The minimum atomic E-state index is -4.69. The number of carbonyl (C=O) groups excluding carboxylic acids is 1. The smallest absolute Gasteiger partial charge is 0.451 e. The lowest BCUT2D eigenvalue weighted by Gasteiger charge is -2.06. The number of hydrogen-bond acceptors (Lipinski definition) is 4. The normalized spacial score (nSPS) is 11.1. The number of halogens is 3. The molecule has 0 bridgehead atoms. The Kier molecular flexibility index (Phi) is 2.68. The number of nitrogens with zero attached hydrogens (tertiary/aromatic N) is 2. The number of methoxy groups -OCH3 is 1. The molecule has 0 saturated heterocycles. The molecule has 0 aliphatic rings. The first kappa shape index (κ1) is 10.4. The van der Waals surface area contributed by atoms with Crippen LogP contribution in [0.1, 0.15) is 16.3 Å². The molecule has 0 amide bonds. The van der Waals surface area contributed by atoms with Gasteiger partial charge in [-0.25, -0.2) is 4.98 Å². The van der Waals surface area contributed by atoms with E-state index in [0.717, 1.165) is 13.2 Å². The Balaban J connectivity index is 3.24. The fraction of sp³-hybridized carbons (Fsp3) is 0.286. The highest BCUT2D eigenvalue weighted by molar-refractivity contribution is 5.72. The van der Waals surface area contributed by atoms with Gasteiger partial charge in [0.05, 0.1) is 7.11 Å². The lowest BCUT2D eigenvalue weighted by atomic mass is 10.4. The monoisotopic (exact) mass is 206 g/mol. The van der Waals surface area contributed by atoms with E-state index >= 15 is 0 Å². The van der Waals surface area contributed by atoms with E-state index in [1.165, 1.54) is 0 Å². The molecule has 0 spiro atoms. The van der Waals surface area contributed by atoms with Crippen molar-refractivity contribution in [1.82, 2.24) is 9.97 Å². The van der Waals surface area contributed by atoms with Gasteiger partial charge < -0.3 is 4.74 Å². The molecule has 0 N–H and O–H groups in total. The third kappa shape index (κ3) is 2.18. The molecule has 1 rings (SSSR count). The lowest BCUT2D eigenvalue weighted by molar-refractivity contribution is -0.145. The summed E-state index contributed by atoms with van der Waals surface area (Å²) >= 11 is 0. The molecule has 7 heteroatoms. The molecule has 76 valence electrons. The Morgan fingerprint density at radius 2 is 2.07 bits per heavy atom. The van der Waals surface area contributed by atoms with E-state index in [1.54, 1.807) is 0 Å². The molecule has 0 radical (unpaired) electrons. The van der Waals surface area contributed by atoms with E-state index in [9.17, 15) is 18.0 Å². The third-order valence-electron chi connectivity index (χ3n) is 1.31. The molecule has 1 heterocycles. The standard InChI is InChI=1S/C7H5F3N2O2/c1-14-5-2-4(3-13)11-6(12-5)7(8,9)10/h2-3H,1H3. The summed E-state index contributed by atoms with van der Waals surface area (Å²) in [6.07, 6.45) is -4.49. The van der Waals surface area contributed by atoms with E-state index in [2.05, 4.69) is 14.7 Å². The molecular weight excluding hydrogens is 201 g/mol. The second-order valence-electron chi connectivity index (χ2n) is 2.27. The molecule has 4 nitrogen and oxygen atoms in total. The van der Waals surface area contributed by atoms with E-state index in [0.29, 0.717) is 0 Å². The summed E-state index contributed by atoms with van der Waals surface area (Å²) in [4.78, 5) is 16.3. The third-order valence-corrected chi connectivity index (χ3v) is 1.31. The topological polar surface area (TPSA) is 52.1 Å². The summed E-state index contributed by atoms with van der Waals surface area (Å²) in [7, 11) is 1.15. The highest BCUT2D eigenvalue weighted by atomic mass is 19.4. The van der Waals surface area contributed by atoms with Crippen LogP contribution < -0.4 is 4.74 Å². The molecule has 14 heavy (non-hydrogen) atoms. The Morgan fingerprint density at radius 1 is 1.43 bits per heavy atom. The average Bonchev–Trinajstić information content (AvgIpc) is 2.15. The molecule has 0 atom stereocenters. The van der Waals surface area contributed by atoms with Crippen LogP contribution in [0.3, 0.4) is 0 Å². The summed E-state index contributed by atoms with van der Waals surface area (Å²) in [5, 5.41) is 0. The molecule has 0 aromatic carbocycles. The zero-order chi connectivity index (χ0) is 10.8. The first-order valence-electron chi connectivity index (χ1n) is 3.43. The number of rotatable bonds is 2. The predicted octanol–water partition coefficient (Wildman–Crippen LogP) is 1.32. The van der Waals surface area contributed by atoms with Gasteiger partial charge >= 0.3 is 6.18 Å². The van der Waals surface area contributed by atoms with Crippen molar-refractivity contribution in [3.63, 3.8) is 0 Å². The van der Waals surface area contributed by atoms with E-state index in [-0.39, 0.29) is 17.9 Å². The Morgan fingerprint density at radius 3 is 2.50 bits per heavy atom. The van der Waals surface area contributed by atoms with Gasteiger partial charge in [-0.05, 0) is 0 Å². The van der Waals surface area contributed by atoms with Crippen molar-refractivity contribution in [3.8, 4) is 5.88 Å².